The van der Waals surface area contributed by atoms with Crippen molar-refractivity contribution in [2.75, 3.05) is 37.6 Å². The molecule has 4 heterocycles. The van der Waals surface area contributed by atoms with Crippen molar-refractivity contribution < 1.29 is 34.7 Å². The summed E-state index contributed by atoms with van der Waals surface area (Å²) in [7, 11) is 0. The number of pyridine rings is 1. The lowest BCUT2D eigenvalue weighted by molar-refractivity contribution is -0.271. The number of carboxylic acid groups (broad SMARTS) is 1. The van der Waals surface area contributed by atoms with E-state index in [9.17, 15) is 30.0 Å². The number of piperazine rings is 1. The van der Waals surface area contributed by atoms with Gasteiger partial charge in [0.25, 0.3) is 0 Å². The molecule has 5 rings (SSSR count). The van der Waals surface area contributed by atoms with E-state index < -0.39 is 36.7 Å². The van der Waals surface area contributed by atoms with E-state index in [0.717, 1.165) is 44.8 Å². The molecule has 0 bridgehead atoms. The summed E-state index contributed by atoms with van der Waals surface area (Å²) in [4.78, 5) is 28.2. The van der Waals surface area contributed by atoms with Gasteiger partial charge >= 0.3 is 11.7 Å². The second-order valence-electron chi connectivity index (χ2n) is 9.58. The van der Waals surface area contributed by atoms with E-state index in [-0.39, 0.29) is 16.5 Å². The fraction of sp³-hybridized carbons (Fsp3) is 0.480. The van der Waals surface area contributed by atoms with Crippen LogP contribution < -0.4 is 15.3 Å². The minimum absolute atomic E-state index is 0.137. The van der Waals surface area contributed by atoms with E-state index in [0.29, 0.717) is 12.2 Å². The third-order valence-electron chi connectivity index (χ3n) is 7.04. The first-order valence-corrected chi connectivity index (χ1v) is 13.0. The number of aliphatic hydroxyl groups excluding tert-OH is 3. The summed E-state index contributed by atoms with van der Waals surface area (Å²) in [6, 6.07) is 10.5. The van der Waals surface area contributed by atoms with Crippen molar-refractivity contribution in [1.82, 2.24) is 19.1 Å². The lowest BCUT2D eigenvalue weighted by Crippen LogP contribution is -2.61. The molecule has 0 spiro atoms. The molecule has 2 aliphatic heterocycles. The molecule has 2 saturated heterocycles. The predicted molar refractivity (Wildman–Crippen MR) is 139 cm³/mol. The zero-order valence-electron chi connectivity index (χ0n) is 20.9. The second-order valence-corrected chi connectivity index (χ2v) is 9.99. The fourth-order valence-corrected chi connectivity index (χ4v) is 5.06. The number of fused-ring (bicyclic) bond motifs is 1. The molecule has 2 aliphatic rings. The molecule has 0 radical (unpaired) electrons. The largest absolute Gasteiger partial charge is 0.479 e. The van der Waals surface area contributed by atoms with Gasteiger partial charge in [0.1, 0.15) is 24.1 Å². The Kier molecular flexibility index (Phi) is 8.07. The molecule has 0 aliphatic carbocycles. The highest BCUT2D eigenvalue weighted by Gasteiger charge is 2.48. The standard InChI is InChI=1S/C25H30ClN5O8/c26-16-14-15(5-6-17(16)38-24-21(34)19(32)20(33)22(39-24)23(35)36)29-12-10-28(11-13-29)7-3-9-31-25(37)30-8-2-1-4-18(30)27-31/h1-2,4-6,8,14,19-22,24,32-34H,3,7,9-13H2,(H,35,36)/t19-,20-,21+,22-,24+/m1/s1. The molecule has 0 amide bonds. The van der Waals surface area contributed by atoms with Crippen LogP contribution in [0.2, 0.25) is 5.02 Å². The fourth-order valence-electron chi connectivity index (χ4n) is 4.84. The Labute approximate surface area is 228 Å². The van der Waals surface area contributed by atoms with Crippen LogP contribution in [-0.4, -0.2) is 109 Å². The summed E-state index contributed by atoms with van der Waals surface area (Å²) in [5, 5.41) is 43.8. The number of nitrogens with zero attached hydrogens (tertiary/aromatic N) is 5. The molecular weight excluding hydrogens is 534 g/mol. The van der Waals surface area contributed by atoms with Crippen molar-refractivity contribution in [3.63, 3.8) is 0 Å². The smallest absolute Gasteiger partial charge is 0.350 e. The molecule has 39 heavy (non-hydrogen) atoms. The van der Waals surface area contributed by atoms with E-state index in [1.165, 1.54) is 9.08 Å². The van der Waals surface area contributed by atoms with Crippen LogP contribution in [0, 0.1) is 0 Å². The minimum atomic E-state index is -1.80. The quantitative estimate of drug-likeness (QED) is 0.283. The number of aromatic nitrogens is 3. The Morgan fingerprint density at radius 1 is 1.05 bits per heavy atom. The maximum absolute atomic E-state index is 12.4. The van der Waals surface area contributed by atoms with Crippen molar-refractivity contribution >= 4 is 28.9 Å². The maximum atomic E-state index is 12.4. The number of aryl methyl sites for hydroxylation is 1. The first kappa shape index (κ1) is 27.4. The number of halogens is 1. The van der Waals surface area contributed by atoms with Crippen molar-refractivity contribution in [2.45, 2.75) is 43.7 Å². The Hall–Kier alpha value is -3.20. The third kappa shape index (κ3) is 5.73. The number of hydrogen-bond donors (Lipinski definition) is 4. The van der Waals surface area contributed by atoms with Crippen LogP contribution in [0.4, 0.5) is 5.69 Å². The van der Waals surface area contributed by atoms with Crippen LogP contribution in [0.3, 0.4) is 0 Å². The van der Waals surface area contributed by atoms with Crippen LogP contribution in [-0.2, 0) is 16.1 Å². The second kappa shape index (κ2) is 11.5. The first-order valence-electron chi connectivity index (χ1n) is 12.6. The lowest BCUT2D eigenvalue weighted by atomic mass is 9.99. The van der Waals surface area contributed by atoms with Gasteiger partial charge in [-0.05, 0) is 36.8 Å². The average Bonchev–Trinajstić information content (AvgIpc) is 3.25. The molecular formula is C25H30ClN5O8. The number of ether oxygens (including phenoxy) is 2. The number of carboxylic acids is 1. The highest BCUT2D eigenvalue weighted by molar-refractivity contribution is 6.32. The van der Waals surface area contributed by atoms with E-state index in [4.69, 9.17) is 21.1 Å². The molecule has 2 fully saturated rings. The summed E-state index contributed by atoms with van der Waals surface area (Å²) in [6.07, 6.45) is -6.03. The number of anilines is 1. The van der Waals surface area contributed by atoms with Gasteiger partial charge in [0.05, 0.1) is 5.02 Å². The molecule has 0 unspecified atom stereocenters. The summed E-state index contributed by atoms with van der Waals surface area (Å²) >= 11 is 6.41. The Morgan fingerprint density at radius 2 is 1.82 bits per heavy atom. The topological polar surface area (TPSA) is 162 Å². The van der Waals surface area contributed by atoms with Crippen LogP contribution >= 0.6 is 11.6 Å². The molecule has 1 aromatic carbocycles. The number of aliphatic carboxylic acids is 1. The number of hydrogen-bond acceptors (Lipinski definition) is 10. The average molecular weight is 564 g/mol. The molecule has 14 heteroatoms. The van der Waals surface area contributed by atoms with Crippen LogP contribution in [0.25, 0.3) is 5.65 Å². The maximum Gasteiger partial charge on any atom is 0.350 e. The van der Waals surface area contributed by atoms with Gasteiger partial charge in [0.15, 0.2) is 11.8 Å². The van der Waals surface area contributed by atoms with Crippen molar-refractivity contribution in [2.24, 2.45) is 0 Å². The summed E-state index contributed by atoms with van der Waals surface area (Å²) < 4.78 is 13.8. The normalized spacial score (nSPS) is 26.2. The number of rotatable bonds is 8. The zero-order valence-corrected chi connectivity index (χ0v) is 21.7. The highest BCUT2D eigenvalue weighted by atomic mass is 35.5. The zero-order chi connectivity index (χ0) is 27.7. The van der Waals surface area contributed by atoms with E-state index >= 15 is 0 Å². The van der Waals surface area contributed by atoms with Gasteiger partial charge < -0.3 is 34.8 Å². The first-order chi connectivity index (χ1) is 18.7. The third-order valence-corrected chi connectivity index (χ3v) is 7.34. The lowest BCUT2D eigenvalue weighted by Gasteiger charge is -2.38. The minimum Gasteiger partial charge on any atom is -0.479 e. The Bertz CT molecular complexity index is 1370. The molecule has 5 atom stereocenters. The van der Waals surface area contributed by atoms with Crippen LogP contribution in [0.15, 0.2) is 47.4 Å². The number of carbonyl (C=O) groups is 1. The number of benzene rings is 1. The molecule has 210 valence electrons. The van der Waals surface area contributed by atoms with Crippen molar-refractivity contribution in [3.8, 4) is 5.75 Å². The van der Waals surface area contributed by atoms with Gasteiger partial charge in [-0.2, -0.15) is 0 Å². The van der Waals surface area contributed by atoms with Gasteiger partial charge in [-0.1, -0.05) is 17.7 Å². The van der Waals surface area contributed by atoms with Gasteiger partial charge in [-0.25, -0.2) is 14.3 Å². The molecule has 0 saturated carbocycles. The van der Waals surface area contributed by atoms with Gasteiger partial charge in [-0.3, -0.25) is 9.30 Å². The summed E-state index contributed by atoms with van der Waals surface area (Å²) in [6.45, 7) is 4.56. The predicted octanol–water partition coefficient (Wildman–Crippen LogP) is -0.367. The van der Waals surface area contributed by atoms with Crippen LogP contribution in [0.1, 0.15) is 6.42 Å². The Morgan fingerprint density at radius 3 is 2.51 bits per heavy atom. The molecule has 3 aromatic rings. The van der Waals surface area contributed by atoms with E-state index in [1.807, 2.05) is 6.07 Å². The van der Waals surface area contributed by atoms with Gasteiger partial charge in [0.2, 0.25) is 6.29 Å². The summed E-state index contributed by atoms with van der Waals surface area (Å²) in [5.74, 6) is -1.36. The monoisotopic (exact) mass is 563 g/mol. The van der Waals surface area contributed by atoms with E-state index in [2.05, 4.69) is 14.9 Å². The molecule has 2 aromatic heterocycles. The summed E-state index contributed by atoms with van der Waals surface area (Å²) in [5.41, 5.74) is 1.36. The van der Waals surface area contributed by atoms with Crippen LogP contribution in [0.5, 0.6) is 5.75 Å². The van der Waals surface area contributed by atoms with Crippen molar-refractivity contribution in [3.05, 3.63) is 58.1 Å². The van der Waals surface area contributed by atoms with E-state index in [1.54, 1.807) is 36.5 Å². The highest BCUT2D eigenvalue weighted by Crippen LogP contribution is 2.33. The molecule has 4 N–H and O–H groups in total. The van der Waals surface area contributed by atoms with Gasteiger partial charge in [-0.15, -0.1) is 5.10 Å². The van der Waals surface area contributed by atoms with Gasteiger partial charge in [0, 0.05) is 51.2 Å². The van der Waals surface area contributed by atoms with Crippen molar-refractivity contribution in [1.29, 1.82) is 0 Å². The number of aliphatic hydroxyl groups is 3. The molecule has 13 nitrogen and oxygen atoms in total. The SMILES string of the molecule is O=C(O)[C@@H]1O[C@H](Oc2ccc(N3CCN(CCCn4nc5ccccn5c4=O)CC3)cc2Cl)[C@@H](O)[C@H](O)[C@H]1O. The Balaban J connectivity index is 1.13.